The number of hydrogen-bond donors (Lipinski definition) is 1. The van der Waals surface area contributed by atoms with Gasteiger partial charge in [-0.2, -0.15) is 0 Å². The van der Waals surface area contributed by atoms with Crippen molar-refractivity contribution in [2.45, 2.75) is 6.92 Å². The van der Waals surface area contributed by atoms with Gasteiger partial charge in [0.05, 0.1) is 28.2 Å². The van der Waals surface area contributed by atoms with Crippen LogP contribution in [0.2, 0.25) is 0 Å². The summed E-state index contributed by atoms with van der Waals surface area (Å²) in [6.45, 7) is 1.86. The smallest absolute Gasteiger partial charge is 0.273 e. The van der Waals surface area contributed by atoms with Crippen LogP contribution < -0.4 is 15.2 Å². The highest BCUT2D eigenvalue weighted by Gasteiger charge is 2.24. The van der Waals surface area contributed by atoms with Gasteiger partial charge in [0.2, 0.25) is 0 Å². The molecule has 138 valence electrons. The monoisotopic (exact) mass is 384 g/mol. The molecule has 0 saturated carbocycles. The van der Waals surface area contributed by atoms with Crippen molar-refractivity contribution >= 4 is 40.3 Å². The Morgan fingerprint density at radius 2 is 2.04 bits per heavy atom. The van der Waals surface area contributed by atoms with E-state index in [-0.39, 0.29) is 28.5 Å². The predicted octanol–water partition coefficient (Wildman–Crippen LogP) is 2.96. The minimum atomic E-state index is -0.617. The maximum Gasteiger partial charge on any atom is 0.273 e. The first-order valence-corrected chi connectivity index (χ1v) is 8.76. The van der Waals surface area contributed by atoms with Crippen molar-refractivity contribution in [3.63, 3.8) is 0 Å². The Kier molecular flexibility index (Phi) is 5.41. The zero-order valence-electron chi connectivity index (χ0n) is 14.2. The predicted molar refractivity (Wildman–Crippen MR) is 101 cm³/mol. The number of nitrogens with one attached hydrogen (secondary N) is 1. The van der Waals surface area contributed by atoms with E-state index in [1.165, 1.54) is 6.08 Å². The molecule has 1 saturated heterocycles. The third-order valence-corrected chi connectivity index (χ3v) is 4.41. The summed E-state index contributed by atoms with van der Waals surface area (Å²) >= 11 is 1.05. The number of thioether (sulfide) groups is 1. The molecule has 0 spiro atoms. The van der Waals surface area contributed by atoms with Gasteiger partial charge in [0, 0.05) is 6.07 Å². The van der Waals surface area contributed by atoms with Crippen molar-refractivity contribution < 1.29 is 19.6 Å². The SMILES string of the molecule is CCOc1cc([N+](=O)[O-])cc(/C=C2/SC(=Nc3ccccc3)NC2=O)c1[O-]. The van der Waals surface area contributed by atoms with Gasteiger partial charge < -0.3 is 15.2 Å². The molecule has 1 N–H and O–H groups in total. The largest absolute Gasteiger partial charge is 0.870 e. The first kappa shape index (κ1) is 18.5. The number of benzene rings is 2. The van der Waals surface area contributed by atoms with Gasteiger partial charge in [-0.3, -0.25) is 14.9 Å². The average Bonchev–Trinajstić information content (AvgIpc) is 2.98. The maximum atomic E-state index is 12.4. The molecule has 2 aromatic carbocycles. The summed E-state index contributed by atoms with van der Waals surface area (Å²) in [5.41, 5.74) is 0.387. The zero-order chi connectivity index (χ0) is 19.4. The number of rotatable bonds is 5. The van der Waals surface area contributed by atoms with Crippen LogP contribution in [0.3, 0.4) is 0 Å². The van der Waals surface area contributed by atoms with E-state index < -0.39 is 16.6 Å². The number of amides is 1. The van der Waals surface area contributed by atoms with Gasteiger partial charge in [0.25, 0.3) is 11.6 Å². The van der Waals surface area contributed by atoms with E-state index >= 15 is 0 Å². The van der Waals surface area contributed by atoms with Crippen molar-refractivity contribution in [2.24, 2.45) is 4.99 Å². The van der Waals surface area contributed by atoms with Gasteiger partial charge in [0.1, 0.15) is 5.75 Å². The highest BCUT2D eigenvalue weighted by molar-refractivity contribution is 8.18. The number of nitro benzene ring substituents is 1. The Labute approximate surface area is 158 Å². The number of hydrogen-bond acceptors (Lipinski definition) is 7. The van der Waals surface area contributed by atoms with Crippen molar-refractivity contribution in [3.05, 3.63) is 63.0 Å². The van der Waals surface area contributed by atoms with Crippen LogP contribution in [0.15, 0.2) is 52.4 Å². The lowest BCUT2D eigenvalue weighted by atomic mass is 10.1. The van der Waals surface area contributed by atoms with Gasteiger partial charge in [-0.05, 0) is 42.5 Å². The molecule has 0 bridgehead atoms. The lowest BCUT2D eigenvalue weighted by Crippen LogP contribution is -2.19. The van der Waals surface area contributed by atoms with E-state index in [4.69, 9.17) is 4.74 Å². The highest BCUT2D eigenvalue weighted by atomic mass is 32.2. The third kappa shape index (κ3) is 4.26. The molecule has 1 fully saturated rings. The molecular formula is C18H14N3O5S-. The van der Waals surface area contributed by atoms with Crippen LogP contribution >= 0.6 is 11.8 Å². The van der Waals surface area contributed by atoms with E-state index in [1.54, 1.807) is 19.1 Å². The van der Waals surface area contributed by atoms with Crippen LogP contribution in [0.4, 0.5) is 11.4 Å². The number of aliphatic imine (C=N–C) groups is 1. The van der Waals surface area contributed by atoms with Crippen LogP contribution in [0, 0.1) is 10.1 Å². The fourth-order valence-corrected chi connectivity index (χ4v) is 3.16. The Morgan fingerprint density at radius 1 is 1.30 bits per heavy atom. The van der Waals surface area contributed by atoms with Crippen molar-refractivity contribution in [2.75, 3.05) is 6.61 Å². The molecule has 27 heavy (non-hydrogen) atoms. The molecule has 1 aliphatic heterocycles. The first-order valence-electron chi connectivity index (χ1n) is 7.95. The number of carbonyl (C=O) groups is 1. The fraction of sp³-hybridized carbons (Fsp3) is 0.111. The number of carbonyl (C=O) groups excluding carboxylic acids is 1. The number of nitrogens with zero attached hydrogens (tertiary/aromatic N) is 2. The lowest BCUT2D eigenvalue weighted by Gasteiger charge is -2.16. The Balaban J connectivity index is 1.95. The van der Waals surface area contributed by atoms with E-state index in [2.05, 4.69) is 10.3 Å². The summed E-state index contributed by atoms with van der Waals surface area (Å²) in [5.74, 6) is -1.07. The fourth-order valence-electron chi connectivity index (χ4n) is 2.33. The van der Waals surface area contributed by atoms with Gasteiger partial charge in [-0.1, -0.05) is 23.9 Å². The third-order valence-electron chi connectivity index (χ3n) is 3.50. The minimum Gasteiger partial charge on any atom is -0.870 e. The molecule has 1 aliphatic rings. The summed E-state index contributed by atoms with van der Waals surface area (Å²) in [4.78, 5) is 27.2. The zero-order valence-corrected chi connectivity index (χ0v) is 15.0. The summed E-state index contributed by atoms with van der Waals surface area (Å²) < 4.78 is 5.18. The molecule has 0 atom stereocenters. The van der Waals surface area contributed by atoms with Crippen molar-refractivity contribution in [1.29, 1.82) is 0 Å². The van der Waals surface area contributed by atoms with Crippen molar-refractivity contribution in [1.82, 2.24) is 5.32 Å². The average molecular weight is 384 g/mol. The lowest BCUT2D eigenvalue weighted by molar-refractivity contribution is -0.385. The van der Waals surface area contributed by atoms with E-state index in [9.17, 15) is 20.0 Å². The van der Waals surface area contributed by atoms with Gasteiger partial charge >= 0.3 is 0 Å². The van der Waals surface area contributed by atoms with Crippen LogP contribution in [0.1, 0.15) is 12.5 Å². The molecule has 3 rings (SSSR count). The maximum absolute atomic E-state index is 12.4. The first-order chi connectivity index (χ1) is 13.0. The molecule has 2 aromatic rings. The molecular weight excluding hydrogens is 370 g/mol. The number of ether oxygens (including phenoxy) is 1. The molecule has 8 nitrogen and oxygen atoms in total. The summed E-state index contributed by atoms with van der Waals surface area (Å²) in [5, 5.41) is 26.5. The van der Waals surface area contributed by atoms with Gasteiger partial charge in [-0.25, -0.2) is 4.99 Å². The standard InChI is InChI=1S/C18H15N3O5S/c1-2-26-14-10-13(21(24)25)8-11(16(14)22)9-15-17(23)20-18(27-15)19-12-6-4-3-5-7-12/h3-10,22H,2H2,1H3,(H,19,20,23)/p-1/b15-9+. The topological polar surface area (TPSA) is 117 Å². The Bertz CT molecular complexity index is 957. The normalized spacial score (nSPS) is 16.6. The number of non-ortho nitro benzene ring substituents is 1. The Morgan fingerprint density at radius 3 is 2.70 bits per heavy atom. The Hall–Kier alpha value is -3.33. The summed E-state index contributed by atoms with van der Waals surface area (Å²) in [6, 6.07) is 11.3. The second-order valence-corrected chi connectivity index (χ2v) is 6.40. The second kappa shape index (κ2) is 7.92. The molecule has 0 aliphatic carbocycles. The number of amidine groups is 1. The molecule has 0 aromatic heterocycles. The van der Waals surface area contributed by atoms with Gasteiger partial charge in [0.15, 0.2) is 5.17 Å². The second-order valence-electron chi connectivity index (χ2n) is 5.37. The highest BCUT2D eigenvalue weighted by Crippen LogP contribution is 2.36. The summed E-state index contributed by atoms with van der Waals surface area (Å²) in [6.07, 6.45) is 1.31. The molecule has 1 amide bonds. The molecule has 0 unspecified atom stereocenters. The van der Waals surface area contributed by atoms with Crippen LogP contribution in [0.25, 0.3) is 6.08 Å². The van der Waals surface area contributed by atoms with Crippen molar-refractivity contribution in [3.8, 4) is 11.5 Å². The van der Waals surface area contributed by atoms with Crippen LogP contribution in [-0.2, 0) is 4.79 Å². The van der Waals surface area contributed by atoms with Crippen LogP contribution in [0.5, 0.6) is 11.5 Å². The molecule has 0 radical (unpaired) electrons. The van der Waals surface area contributed by atoms with Crippen LogP contribution in [-0.4, -0.2) is 22.6 Å². The van der Waals surface area contributed by atoms with E-state index in [1.807, 2.05) is 18.2 Å². The quantitative estimate of drug-likeness (QED) is 0.481. The number of nitro groups is 1. The molecule has 9 heteroatoms. The minimum absolute atomic E-state index is 0.00580. The summed E-state index contributed by atoms with van der Waals surface area (Å²) in [7, 11) is 0. The number of para-hydroxylation sites is 1. The van der Waals surface area contributed by atoms with E-state index in [0.29, 0.717) is 10.9 Å². The molecule has 1 heterocycles. The van der Waals surface area contributed by atoms with Gasteiger partial charge in [-0.15, -0.1) is 0 Å². The van der Waals surface area contributed by atoms with E-state index in [0.717, 1.165) is 23.9 Å².